The van der Waals surface area contributed by atoms with Crippen LogP contribution in [0, 0.1) is 0 Å². The molecule has 1 saturated carbocycles. The summed E-state index contributed by atoms with van der Waals surface area (Å²) in [6.07, 6.45) is 7.36. The van der Waals surface area contributed by atoms with Crippen LogP contribution >= 0.6 is 11.8 Å². The van der Waals surface area contributed by atoms with Crippen molar-refractivity contribution in [3.05, 3.63) is 47.2 Å². The van der Waals surface area contributed by atoms with Gasteiger partial charge in [-0.3, -0.25) is 4.79 Å². The van der Waals surface area contributed by atoms with E-state index in [-0.39, 0.29) is 5.91 Å². The number of carbonyl (C=O) groups excluding carboxylic acids is 1. The fourth-order valence-corrected chi connectivity index (χ4v) is 4.64. The monoisotopic (exact) mass is 442 g/mol. The van der Waals surface area contributed by atoms with Crippen molar-refractivity contribution in [1.29, 1.82) is 0 Å². The van der Waals surface area contributed by atoms with Crippen LogP contribution in [0.1, 0.15) is 60.6 Å². The molecular weight excluding hydrogens is 408 g/mol. The lowest BCUT2D eigenvalue weighted by molar-refractivity contribution is 0.0937. The molecule has 0 radical (unpaired) electrons. The van der Waals surface area contributed by atoms with Gasteiger partial charge >= 0.3 is 0 Å². The van der Waals surface area contributed by atoms with E-state index < -0.39 is 0 Å². The minimum absolute atomic E-state index is 0.0781. The second kappa shape index (κ2) is 12.1. The topological polar surface area (TPSA) is 67.4 Å². The predicted octanol–water partition coefficient (Wildman–Crippen LogP) is 4.48. The van der Waals surface area contributed by atoms with Gasteiger partial charge in [0, 0.05) is 49.8 Å². The fraction of sp³-hybridized carbons (Fsp3) is 0.542. The zero-order valence-electron chi connectivity index (χ0n) is 18.9. The van der Waals surface area contributed by atoms with E-state index in [1.807, 2.05) is 24.3 Å². The number of rotatable bonds is 10. The molecule has 3 rings (SSSR count). The number of carbonyl (C=O) groups is 1. The highest BCUT2D eigenvalue weighted by molar-refractivity contribution is 7.98. The Morgan fingerprint density at radius 3 is 2.61 bits per heavy atom. The van der Waals surface area contributed by atoms with Crippen LogP contribution in [0.25, 0.3) is 0 Å². The van der Waals surface area contributed by atoms with Crippen molar-refractivity contribution in [2.45, 2.75) is 62.4 Å². The number of anilines is 1. The quantitative estimate of drug-likeness (QED) is 0.332. The third-order valence-electron chi connectivity index (χ3n) is 5.77. The first-order valence-electron chi connectivity index (χ1n) is 11.2. The highest BCUT2D eigenvalue weighted by Gasteiger charge is 2.20. The Balaban J connectivity index is 1.62. The van der Waals surface area contributed by atoms with E-state index >= 15 is 0 Å². The summed E-state index contributed by atoms with van der Waals surface area (Å²) in [6.45, 7) is 3.16. The van der Waals surface area contributed by atoms with Gasteiger partial charge in [-0.15, -0.1) is 0 Å². The molecule has 168 valence electrons. The summed E-state index contributed by atoms with van der Waals surface area (Å²) in [6, 6.07) is 10.4. The second-order valence-corrected chi connectivity index (χ2v) is 8.93. The molecule has 1 aliphatic rings. The van der Waals surface area contributed by atoms with E-state index in [0.717, 1.165) is 34.4 Å². The van der Waals surface area contributed by atoms with Crippen LogP contribution in [0.5, 0.6) is 0 Å². The van der Waals surface area contributed by atoms with Gasteiger partial charge in [0.15, 0.2) is 5.16 Å². The van der Waals surface area contributed by atoms with Crippen LogP contribution in [0.15, 0.2) is 35.5 Å². The normalized spacial score (nSPS) is 14.4. The van der Waals surface area contributed by atoms with Crippen LogP contribution in [0.2, 0.25) is 0 Å². The molecule has 1 aromatic heterocycles. The number of aromatic nitrogens is 2. The SMILES string of the molecule is CCc1cc(N(C)C2CCCCC2)nc(SCc2ccc(C(=O)NCCOC)cc2)n1. The summed E-state index contributed by atoms with van der Waals surface area (Å²) in [5.74, 6) is 1.72. The van der Waals surface area contributed by atoms with E-state index in [2.05, 4.69) is 30.3 Å². The Morgan fingerprint density at radius 2 is 1.94 bits per heavy atom. The summed E-state index contributed by atoms with van der Waals surface area (Å²) in [7, 11) is 3.79. The Kier molecular flexibility index (Phi) is 9.15. The summed E-state index contributed by atoms with van der Waals surface area (Å²) >= 11 is 1.65. The number of hydrogen-bond donors (Lipinski definition) is 1. The molecule has 1 amide bonds. The molecule has 0 aliphatic heterocycles. The van der Waals surface area contributed by atoms with Crippen molar-refractivity contribution >= 4 is 23.5 Å². The average Bonchev–Trinajstić information content (AvgIpc) is 2.83. The molecule has 0 bridgehead atoms. The predicted molar refractivity (Wildman–Crippen MR) is 127 cm³/mol. The van der Waals surface area contributed by atoms with Crippen LogP contribution < -0.4 is 10.2 Å². The molecule has 6 nitrogen and oxygen atoms in total. The molecule has 1 aliphatic carbocycles. The number of aryl methyl sites for hydroxylation is 1. The fourth-order valence-electron chi connectivity index (χ4n) is 3.81. The number of hydrogen-bond acceptors (Lipinski definition) is 6. The minimum atomic E-state index is -0.0781. The molecule has 0 spiro atoms. The summed E-state index contributed by atoms with van der Waals surface area (Å²) in [5.41, 5.74) is 2.88. The lowest BCUT2D eigenvalue weighted by atomic mass is 9.94. The van der Waals surface area contributed by atoms with Gasteiger partial charge in [0.2, 0.25) is 0 Å². The third kappa shape index (κ3) is 6.94. The van der Waals surface area contributed by atoms with Gasteiger partial charge in [0.1, 0.15) is 5.82 Å². The Bertz CT molecular complexity index is 838. The Morgan fingerprint density at radius 1 is 1.19 bits per heavy atom. The van der Waals surface area contributed by atoms with Gasteiger partial charge in [-0.25, -0.2) is 9.97 Å². The Labute approximate surface area is 190 Å². The molecular formula is C24H34N4O2S. The number of methoxy groups -OCH3 is 1. The van der Waals surface area contributed by atoms with Gasteiger partial charge in [0.05, 0.1) is 6.61 Å². The lowest BCUT2D eigenvalue weighted by Crippen LogP contribution is -2.34. The summed E-state index contributed by atoms with van der Waals surface area (Å²) < 4.78 is 4.96. The second-order valence-electron chi connectivity index (χ2n) is 7.99. The van der Waals surface area contributed by atoms with Crippen molar-refractivity contribution in [1.82, 2.24) is 15.3 Å². The molecule has 1 aromatic carbocycles. The van der Waals surface area contributed by atoms with E-state index in [1.54, 1.807) is 18.9 Å². The van der Waals surface area contributed by atoms with Crippen molar-refractivity contribution < 1.29 is 9.53 Å². The number of nitrogens with zero attached hydrogens (tertiary/aromatic N) is 3. The van der Waals surface area contributed by atoms with Crippen molar-refractivity contribution in [2.24, 2.45) is 0 Å². The number of benzene rings is 1. The van der Waals surface area contributed by atoms with Gasteiger partial charge < -0.3 is 15.0 Å². The van der Waals surface area contributed by atoms with E-state index in [4.69, 9.17) is 14.7 Å². The molecule has 31 heavy (non-hydrogen) atoms. The van der Waals surface area contributed by atoms with Crippen LogP contribution in [-0.2, 0) is 16.9 Å². The van der Waals surface area contributed by atoms with Crippen LogP contribution in [0.3, 0.4) is 0 Å². The maximum absolute atomic E-state index is 12.1. The number of ether oxygens (including phenoxy) is 1. The van der Waals surface area contributed by atoms with Gasteiger partial charge in [-0.1, -0.05) is 50.1 Å². The summed E-state index contributed by atoms with van der Waals surface area (Å²) in [4.78, 5) is 24.1. The maximum Gasteiger partial charge on any atom is 0.251 e. The molecule has 0 atom stereocenters. The van der Waals surface area contributed by atoms with Gasteiger partial charge in [-0.2, -0.15) is 0 Å². The van der Waals surface area contributed by atoms with E-state index in [1.165, 1.54) is 32.1 Å². The largest absolute Gasteiger partial charge is 0.383 e. The van der Waals surface area contributed by atoms with Crippen molar-refractivity contribution in [2.75, 3.05) is 32.2 Å². The van der Waals surface area contributed by atoms with Gasteiger partial charge in [0.25, 0.3) is 5.91 Å². The van der Waals surface area contributed by atoms with Crippen LogP contribution in [0.4, 0.5) is 5.82 Å². The minimum Gasteiger partial charge on any atom is -0.383 e. The zero-order chi connectivity index (χ0) is 22.1. The first-order valence-corrected chi connectivity index (χ1v) is 12.2. The van der Waals surface area contributed by atoms with Gasteiger partial charge in [-0.05, 0) is 37.0 Å². The number of amides is 1. The summed E-state index contributed by atoms with van der Waals surface area (Å²) in [5, 5.41) is 3.66. The van der Waals surface area contributed by atoms with Crippen molar-refractivity contribution in [3.8, 4) is 0 Å². The third-order valence-corrected chi connectivity index (χ3v) is 6.69. The molecule has 2 aromatic rings. The molecule has 0 unspecified atom stereocenters. The van der Waals surface area contributed by atoms with E-state index in [9.17, 15) is 4.79 Å². The lowest BCUT2D eigenvalue weighted by Gasteiger charge is -2.32. The first kappa shape index (κ1) is 23.5. The highest BCUT2D eigenvalue weighted by atomic mass is 32.2. The molecule has 0 saturated heterocycles. The van der Waals surface area contributed by atoms with E-state index in [0.29, 0.717) is 24.8 Å². The standard InChI is InChI=1S/C24H34N4O2S/c1-4-20-16-22(28(2)21-8-6-5-7-9-21)27-24(26-20)31-17-18-10-12-19(13-11-18)23(29)25-14-15-30-3/h10-13,16,21H,4-9,14-15,17H2,1-3H3,(H,25,29). The molecule has 1 N–H and O–H groups in total. The highest BCUT2D eigenvalue weighted by Crippen LogP contribution is 2.28. The number of thioether (sulfide) groups is 1. The van der Waals surface area contributed by atoms with Crippen LogP contribution in [-0.4, -0.2) is 49.2 Å². The first-order chi connectivity index (χ1) is 15.1. The van der Waals surface area contributed by atoms with Crippen molar-refractivity contribution in [3.63, 3.8) is 0 Å². The zero-order valence-corrected chi connectivity index (χ0v) is 19.7. The molecule has 7 heteroatoms. The maximum atomic E-state index is 12.1. The Hall–Kier alpha value is -2.12. The average molecular weight is 443 g/mol. The molecule has 1 fully saturated rings. The smallest absolute Gasteiger partial charge is 0.251 e. The molecule has 1 heterocycles. The number of nitrogens with one attached hydrogen (secondary N) is 1.